The second kappa shape index (κ2) is 4.11. The minimum absolute atomic E-state index is 0.104. The van der Waals surface area contributed by atoms with Crippen LogP contribution in [0.15, 0.2) is 18.2 Å². The summed E-state index contributed by atoms with van der Waals surface area (Å²) in [4.78, 5) is 14.8. The van der Waals surface area contributed by atoms with E-state index in [4.69, 9.17) is 5.11 Å². The summed E-state index contributed by atoms with van der Waals surface area (Å²) in [6.45, 7) is 0. The molecule has 0 spiro atoms. The van der Waals surface area contributed by atoms with Crippen molar-refractivity contribution in [3.63, 3.8) is 0 Å². The number of carboxylic acids is 1. The fourth-order valence-electron chi connectivity index (χ4n) is 1.87. The van der Waals surface area contributed by atoms with Gasteiger partial charge in [0.1, 0.15) is 17.5 Å². The van der Waals surface area contributed by atoms with E-state index in [0.717, 1.165) is 31.0 Å². The van der Waals surface area contributed by atoms with Gasteiger partial charge in [0.25, 0.3) is 5.82 Å². The number of carboxylic acid groups (broad SMARTS) is 1. The molecule has 1 aliphatic carbocycles. The van der Waals surface area contributed by atoms with Crippen LogP contribution in [0.3, 0.4) is 0 Å². The Balaban J connectivity index is 2.14. The minimum atomic E-state index is -1.27. The molecule has 0 bridgehead atoms. The summed E-state index contributed by atoms with van der Waals surface area (Å²) in [5.41, 5.74) is 0.138. The van der Waals surface area contributed by atoms with Crippen molar-refractivity contribution in [1.82, 2.24) is 14.8 Å². The van der Waals surface area contributed by atoms with E-state index in [2.05, 4.69) is 10.1 Å². The molecular weight excluding hydrogens is 256 g/mol. The summed E-state index contributed by atoms with van der Waals surface area (Å²) >= 11 is 0. The Labute approximate surface area is 106 Å². The average molecular weight is 265 g/mol. The first-order valence-corrected chi connectivity index (χ1v) is 5.71. The van der Waals surface area contributed by atoms with Crippen LogP contribution in [0.2, 0.25) is 0 Å². The molecule has 7 heteroatoms. The van der Waals surface area contributed by atoms with Crippen LogP contribution >= 0.6 is 0 Å². The van der Waals surface area contributed by atoms with Crippen molar-refractivity contribution in [3.05, 3.63) is 41.5 Å². The van der Waals surface area contributed by atoms with Gasteiger partial charge in [-0.1, -0.05) is 0 Å². The Morgan fingerprint density at radius 3 is 2.42 bits per heavy atom. The van der Waals surface area contributed by atoms with E-state index in [0.29, 0.717) is 5.82 Å². The third kappa shape index (κ3) is 2.18. The number of carbonyl (C=O) groups is 1. The number of nitrogens with zero attached hydrogens (tertiary/aromatic N) is 3. The molecule has 3 rings (SSSR count). The van der Waals surface area contributed by atoms with Crippen LogP contribution in [0.25, 0.3) is 5.69 Å². The maximum atomic E-state index is 13.2. The van der Waals surface area contributed by atoms with E-state index in [9.17, 15) is 13.6 Å². The lowest BCUT2D eigenvalue weighted by Gasteiger charge is -2.05. The van der Waals surface area contributed by atoms with Crippen molar-refractivity contribution < 1.29 is 18.7 Å². The average Bonchev–Trinajstić information content (AvgIpc) is 3.06. The van der Waals surface area contributed by atoms with Crippen molar-refractivity contribution in [1.29, 1.82) is 0 Å². The van der Waals surface area contributed by atoms with E-state index in [1.807, 2.05) is 0 Å². The smallest absolute Gasteiger partial charge is 0.375 e. The van der Waals surface area contributed by atoms with Crippen molar-refractivity contribution in [2.24, 2.45) is 0 Å². The highest BCUT2D eigenvalue weighted by Gasteiger charge is 2.31. The minimum Gasteiger partial charge on any atom is -0.475 e. The van der Waals surface area contributed by atoms with E-state index in [1.54, 1.807) is 0 Å². The first-order valence-electron chi connectivity index (χ1n) is 5.71. The Hall–Kier alpha value is -2.31. The van der Waals surface area contributed by atoms with Crippen LogP contribution in [0, 0.1) is 11.6 Å². The van der Waals surface area contributed by atoms with Gasteiger partial charge in [-0.25, -0.2) is 23.2 Å². The predicted octanol–water partition coefficient (Wildman–Crippen LogP) is 2.12. The normalized spacial score (nSPS) is 14.6. The van der Waals surface area contributed by atoms with Gasteiger partial charge in [0.15, 0.2) is 0 Å². The quantitative estimate of drug-likeness (QED) is 0.923. The summed E-state index contributed by atoms with van der Waals surface area (Å²) in [5, 5.41) is 12.7. The van der Waals surface area contributed by atoms with Crippen LogP contribution in [-0.4, -0.2) is 25.8 Å². The molecule has 0 amide bonds. The van der Waals surface area contributed by atoms with E-state index < -0.39 is 17.6 Å². The van der Waals surface area contributed by atoms with Crippen LogP contribution in [0.4, 0.5) is 8.78 Å². The topological polar surface area (TPSA) is 68.0 Å². The molecule has 98 valence electrons. The summed E-state index contributed by atoms with van der Waals surface area (Å²) in [6, 6.07) is 2.93. The first-order chi connectivity index (χ1) is 9.04. The number of halogens is 2. The van der Waals surface area contributed by atoms with Gasteiger partial charge >= 0.3 is 5.97 Å². The summed E-state index contributed by atoms with van der Waals surface area (Å²) in [5.74, 6) is -2.59. The fourth-order valence-corrected chi connectivity index (χ4v) is 1.87. The Bertz CT molecular complexity index is 645. The lowest BCUT2D eigenvalue weighted by molar-refractivity contribution is 0.0683. The lowest BCUT2D eigenvalue weighted by atomic mass is 10.3. The second-order valence-corrected chi connectivity index (χ2v) is 4.41. The number of hydrogen-bond acceptors (Lipinski definition) is 3. The largest absolute Gasteiger partial charge is 0.475 e. The van der Waals surface area contributed by atoms with Gasteiger partial charge in [0.05, 0.1) is 5.69 Å². The van der Waals surface area contributed by atoms with E-state index in [-0.39, 0.29) is 17.4 Å². The summed E-state index contributed by atoms with van der Waals surface area (Å²) in [7, 11) is 0. The second-order valence-electron chi connectivity index (χ2n) is 4.41. The summed E-state index contributed by atoms with van der Waals surface area (Å²) in [6.07, 6.45) is 1.74. The third-order valence-electron chi connectivity index (χ3n) is 2.86. The van der Waals surface area contributed by atoms with Gasteiger partial charge in [-0.3, -0.25) is 0 Å². The van der Waals surface area contributed by atoms with Crippen molar-refractivity contribution in [2.45, 2.75) is 18.8 Å². The lowest BCUT2D eigenvalue weighted by Crippen LogP contribution is -2.04. The van der Waals surface area contributed by atoms with Gasteiger partial charge in [-0.2, -0.15) is 0 Å². The van der Waals surface area contributed by atoms with Crippen LogP contribution in [-0.2, 0) is 0 Å². The molecule has 0 atom stereocenters. The van der Waals surface area contributed by atoms with Gasteiger partial charge in [0.2, 0.25) is 0 Å². The Morgan fingerprint density at radius 2 is 1.89 bits per heavy atom. The van der Waals surface area contributed by atoms with Crippen molar-refractivity contribution in [3.8, 4) is 5.69 Å². The molecule has 1 aromatic heterocycles. The predicted molar refractivity (Wildman–Crippen MR) is 60.2 cm³/mol. The number of rotatable bonds is 3. The van der Waals surface area contributed by atoms with Gasteiger partial charge in [0, 0.05) is 12.0 Å². The van der Waals surface area contributed by atoms with Gasteiger partial charge < -0.3 is 5.11 Å². The maximum absolute atomic E-state index is 13.2. The molecule has 0 aliphatic heterocycles. The molecule has 5 nitrogen and oxygen atoms in total. The molecule has 1 N–H and O–H groups in total. The number of hydrogen-bond donors (Lipinski definition) is 1. The number of benzene rings is 1. The molecule has 1 heterocycles. The SMILES string of the molecule is O=C(O)c1nc(C2CC2)n(-c2cc(F)cc(F)c2)n1. The molecule has 0 radical (unpaired) electrons. The Morgan fingerprint density at radius 1 is 1.26 bits per heavy atom. The zero-order valence-corrected chi connectivity index (χ0v) is 9.68. The molecule has 0 saturated heterocycles. The van der Waals surface area contributed by atoms with Crippen LogP contribution in [0.5, 0.6) is 0 Å². The zero-order chi connectivity index (χ0) is 13.6. The van der Waals surface area contributed by atoms with Gasteiger partial charge in [-0.05, 0) is 25.0 Å². The molecule has 2 aromatic rings. The Kier molecular flexibility index (Phi) is 2.55. The molecule has 19 heavy (non-hydrogen) atoms. The molecule has 1 aliphatic rings. The molecule has 1 saturated carbocycles. The van der Waals surface area contributed by atoms with Crippen LogP contribution in [0.1, 0.15) is 35.2 Å². The molecule has 0 unspecified atom stereocenters. The highest BCUT2D eigenvalue weighted by atomic mass is 19.1. The number of aromatic nitrogens is 3. The number of aromatic carboxylic acids is 1. The van der Waals surface area contributed by atoms with Crippen molar-refractivity contribution in [2.75, 3.05) is 0 Å². The molecule has 1 aromatic carbocycles. The molecule has 1 fully saturated rings. The van der Waals surface area contributed by atoms with Gasteiger partial charge in [-0.15, -0.1) is 5.10 Å². The zero-order valence-electron chi connectivity index (χ0n) is 9.68. The summed E-state index contributed by atoms with van der Waals surface area (Å²) < 4.78 is 27.6. The van der Waals surface area contributed by atoms with Crippen molar-refractivity contribution >= 4 is 5.97 Å². The fraction of sp³-hybridized carbons (Fsp3) is 0.250. The highest BCUT2D eigenvalue weighted by Crippen LogP contribution is 2.39. The van der Waals surface area contributed by atoms with E-state index >= 15 is 0 Å². The highest BCUT2D eigenvalue weighted by molar-refractivity contribution is 5.83. The third-order valence-corrected chi connectivity index (χ3v) is 2.86. The molecular formula is C12H9F2N3O2. The van der Waals surface area contributed by atoms with Crippen LogP contribution < -0.4 is 0 Å². The standard InChI is InChI=1S/C12H9F2N3O2/c13-7-3-8(14)5-9(4-7)17-11(6-1-2-6)15-10(16-17)12(18)19/h3-6H,1-2H2,(H,18,19). The maximum Gasteiger partial charge on any atom is 0.375 e. The van der Waals surface area contributed by atoms with E-state index in [1.165, 1.54) is 4.68 Å². The monoisotopic (exact) mass is 265 g/mol. The first kappa shape index (κ1) is 11.8.